The molecule has 0 atom stereocenters. The summed E-state index contributed by atoms with van der Waals surface area (Å²) in [6.07, 6.45) is -2.96. The Kier molecular flexibility index (Phi) is 5.49. The zero-order valence-corrected chi connectivity index (χ0v) is 14.3. The van der Waals surface area contributed by atoms with Gasteiger partial charge in [0, 0.05) is 17.5 Å². The molecule has 1 heterocycles. The Hall–Kier alpha value is -2.38. The van der Waals surface area contributed by atoms with Crippen LogP contribution in [0, 0.1) is 5.41 Å². The zero-order valence-electron chi connectivity index (χ0n) is 14.3. The molecule has 1 amide bonds. The van der Waals surface area contributed by atoms with Crippen molar-refractivity contribution in [2.75, 3.05) is 0 Å². The van der Waals surface area contributed by atoms with E-state index < -0.39 is 17.5 Å². The fourth-order valence-electron chi connectivity index (χ4n) is 2.39. The second-order valence-corrected chi connectivity index (χ2v) is 6.43. The smallest absolute Gasteiger partial charge is 0.352 e. The first-order chi connectivity index (χ1) is 11.6. The number of carbonyl (C=O) groups is 1. The highest BCUT2D eigenvalue weighted by molar-refractivity contribution is 5.81. The van der Waals surface area contributed by atoms with Gasteiger partial charge in [0.15, 0.2) is 0 Å². The van der Waals surface area contributed by atoms with Crippen LogP contribution in [0.15, 0.2) is 28.8 Å². The number of aromatic nitrogens is 2. The van der Waals surface area contributed by atoms with Gasteiger partial charge in [-0.15, -0.1) is 0 Å². The fraction of sp³-hybridized carbons (Fsp3) is 0.471. The molecule has 25 heavy (non-hydrogen) atoms. The normalized spacial score (nSPS) is 12.2. The van der Waals surface area contributed by atoms with Crippen molar-refractivity contribution in [1.82, 2.24) is 15.5 Å². The minimum absolute atomic E-state index is 0.0357. The number of amides is 1. The van der Waals surface area contributed by atoms with Crippen molar-refractivity contribution in [2.45, 2.75) is 46.3 Å². The lowest BCUT2D eigenvalue weighted by Gasteiger charge is -2.22. The summed E-state index contributed by atoms with van der Waals surface area (Å²) >= 11 is 0. The number of carbonyl (C=O) groups excluding carboxylic acids is 1. The highest BCUT2D eigenvalue weighted by Crippen LogP contribution is 2.29. The van der Waals surface area contributed by atoms with E-state index in [1.165, 1.54) is 0 Å². The molecule has 2 aromatic rings. The number of alkyl halides is 3. The van der Waals surface area contributed by atoms with Gasteiger partial charge in [-0.25, -0.2) is 0 Å². The van der Waals surface area contributed by atoms with E-state index in [0.717, 1.165) is 18.4 Å². The van der Waals surface area contributed by atoms with Gasteiger partial charge in [0.2, 0.25) is 11.7 Å². The molecule has 0 radical (unpaired) electrons. The van der Waals surface area contributed by atoms with Gasteiger partial charge < -0.3 is 9.84 Å². The Morgan fingerprint density at radius 2 is 1.84 bits per heavy atom. The van der Waals surface area contributed by atoms with Crippen molar-refractivity contribution < 1.29 is 22.5 Å². The predicted octanol–water partition coefficient (Wildman–Crippen LogP) is 4.20. The molecule has 1 aromatic heterocycles. The zero-order chi connectivity index (χ0) is 18.7. The minimum atomic E-state index is -4.67. The van der Waals surface area contributed by atoms with Gasteiger partial charge in [-0.2, -0.15) is 18.2 Å². The molecule has 0 bridgehead atoms. The topological polar surface area (TPSA) is 68.0 Å². The Labute approximate surface area is 143 Å². The molecule has 0 aliphatic rings. The SMILES string of the molecule is CCCC(C)(C)C(=O)NCc1ccc(-c2noc(C(F)(F)F)n2)cc1. The number of hydrogen-bond donors (Lipinski definition) is 1. The summed E-state index contributed by atoms with van der Waals surface area (Å²) in [5.74, 6) is -1.55. The molecule has 0 spiro atoms. The van der Waals surface area contributed by atoms with Gasteiger partial charge in [-0.1, -0.05) is 56.6 Å². The van der Waals surface area contributed by atoms with E-state index in [2.05, 4.69) is 20.0 Å². The molecule has 0 saturated heterocycles. The van der Waals surface area contributed by atoms with Crippen LogP contribution in [-0.2, 0) is 17.5 Å². The summed E-state index contributed by atoms with van der Waals surface area (Å²) in [7, 11) is 0. The minimum Gasteiger partial charge on any atom is -0.352 e. The van der Waals surface area contributed by atoms with Crippen LogP contribution in [0.5, 0.6) is 0 Å². The molecule has 1 N–H and O–H groups in total. The third-order valence-corrected chi connectivity index (χ3v) is 3.82. The van der Waals surface area contributed by atoms with Gasteiger partial charge in [0.05, 0.1) is 0 Å². The van der Waals surface area contributed by atoms with Gasteiger partial charge in [-0.05, 0) is 12.0 Å². The Morgan fingerprint density at radius 1 is 1.20 bits per heavy atom. The van der Waals surface area contributed by atoms with Crippen molar-refractivity contribution in [3.05, 3.63) is 35.7 Å². The monoisotopic (exact) mass is 355 g/mol. The lowest BCUT2D eigenvalue weighted by Crippen LogP contribution is -2.36. The van der Waals surface area contributed by atoms with Crippen molar-refractivity contribution >= 4 is 5.91 Å². The van der Waals surface area contributed by atoms with Crippen LogP contribution >= 0.6 is 0 Å². The number of nitrogens with zero attached hydrogens (tertiary/aromatic N) is 2. The van der Waals surface area contributed by atoms with Crippen molar-refractivity contribution in [1.29, 1.82) is 0 Å². The highest BCUT2D eigenvalue weighted by Gasteiger charge is 2.38. The van der Waals surface area contributed by atoms with Crippen molar-refractivity contribution in [3.8, 4) is 11.4 Å². The van der Waals surface area contributed by atoms with Gasteiger partial charge >= 0.3 is 12.1 Å². The number of rotatable bonds is 6. The predicted molar refractivity (Wildman–Crippen MR) is 85.3 cm³/mol. The summed E-state index contributed by atoms with van der Waals surface area (Å²) in [4.78, 5) is 15.5. The lowest BCUT2D eigenvalue weighted by molar-refractivity contribution is -0.159. The molecule has 8 heteroatoms. The van der Waals surface area contributed by atoms with Gasteiger partial charge in [-0.3, -0.25) is 4.79 Å². The molecule has 0 aliphatic carbocycles. The third kappa shape index (κ3) is 4.80. The molecule has 2 rings (SSSR count). The first kappa shape index (κ1) is 19.0. The Morgan fingerprint density at radius 3 is 2.36 bits per heavy atom. The maximum absolute atomic E-state index is 12.5. The van der Waals surface area contributed by atoms with E-state index in [1.807, 2.05) is 20.8 Å². The summed E-state index contributed by atoms with van der Waals surface area (Å²) in [5, 5.41) is 6.20. The average Bonchev–Trinajstić information content (AvgIpc) is 3.03. The molecule has 0 fully saturated rings. The molecular formula is C17H20F3N3O2. The number of nitrogens with one attached hydrogen (secondary N) is 1. The van der Waals surface area contributed by atoms with Gasteiger partial charge in [0.25, 0.3) is 0 Å². The van der Waals surface area contributed by atoms with Crippen LogP contribution < -0.4 is 5.32 Å². The van der Waals surface area contributed by atoms with E-state index in [-0.39, 0.29) is 11.7 Å². The number of hydrogen-bond acceptors (Lipinski definition) is 4. The van der Waals surface area contributed by atoms with E-state index in [4.69, 9.17) is 0 Å². The largest absolute Gasteiger partial charge is 0.471 e. The van der Waals surface area contributed by atoms with Crippen LogP contribution in [0.1, 0.15) is 45.1 Å². The second kappa shape index (κ2) is 7.25. The molecular weight excluding hydrogens is 335 g/mol. The highest BCUT2D eigenvalue weighted by atomic mass is 19.4. The molecule has 5 nitrogen and oxygen atoms in total. The van der Waals surface area contributed by atoms with E-state index in [9.17, 15) is 18.0 Å². The fourth-order valence-corrected chi connectivity index (χ4v) is 2.39. The summed E-state index contributed by atoms with van der Waals surface area (Å²) in [6, 6.07) is 6.57. The molecule has 136 valence electrons. The van der Waals surface area contributed by atoms with Crippen molar-refractivity contribution in [2.24, 2.45) is 5.41 Å². The van der Waals surface area contributed by atoms with Gasteiger partial charge in [0.1, 0.15) is 0 Å². The average molecular weight is 355 g/mol. The lowest BCUT2D eigenvalue weighted by atomic mass is 9.87. The molecule has 0 saturated carbocycles. The van der Waals surface area contributed by atoms with Crippen LogP contribution in [0.25, 0.3) is 11.4 Å². The molecule has 0 unspecified atom stereocenters. The first-order valence-corrected chi connectivity index (χ1v) is 7.92. The van der Waals surface area contributed by atoms with E-state index in [1.54, 1.807) is 24.3 Å². The quantitative estimate of drug-likeness (QED) is 0.843. The standard InChI is InChI=1S/C17H20F3N3O2/c1-4-9-16(2,3)14(24)21-10-11-5-7-12(8-6-11)13-22-15(25-23-13)17(18,19)20/h5-8H,4,9-10H2,1-3H3,(H,21,24). The van der Waals surface area contributed by atoms with Crippen LogP contribution in [0.3, 0.4) is 0 Å². The number of halogens is 3. The molecule has 1 aromatic carbocycles. The van der Waals surface area contributed by atoms with Crippen molar-refractivity contribution in [3.63, 3.8) is 0 Å². The van der Waals surface area contributed by atoms with Crippen LogP contribution in [0.2, 0.25) is 0 Å². The summed E-state index contributed by atoms with van der Waals surface area (Å²) in [6.45, 7) is 6.15. The first-order valence-electron chi connectivity index (χ1n) is 7.92. The summed E-state index contributed by atoms with van der Waals surface area (Å²) < 4.78 is 41.6. The van der Waals surface area contributed by atoms with Crippen LogP contribution in [0.4, 0.5) is 13.2 Å². The number of benzene rings is 1. The Bertz CT molecular complexity index is 721. The molecule has 0 aliphatic heterocycles. The van der Waals surface area contributed by atoms with E-state index in [0.29, 0.717) is 12.1 Å². The maximum atomic E-state index is 12.5. The maximum Gasteiger partial charge on any atom is 0.471 e. The van der Waals surface area contributed by atoms with Crippen LogP contribution in [-0.4, -0.2) is 16.0 Å². The third-order valence-electron chi connectivity index (χ3n) is 3.82. The second-order valence-electron chi connectivity index (χ2n) is 6.43. The summed E-state index contributed by atoms with van der Waals surface area (Å²) in [5.41, 5.74) is 0.789. The Balaban J connectivity index is 2.01. The van der Waals surface area contributed by atoms with E-state index >= 15 is 0 Å².